The minimum atomic E-state index is -0.163. The lowest BCUT2D eigenvalue weighted by molar-refractivity contribution is -0.110. The maximum absolute atomic E-state index is 10.6. The zero-order valence-electron chi connectivity index (χ0n) is 6.03. The van der Waals surface area contributed by atoms with E-state index in [4.69, 9.17) is 0 Å². The molecule has 0 amide bonds. The number of carbonyl (C=O) groups excluding carboxylic acids is 1. The summed E-state index contributed by atoms with van der Waals surface area (Å²) in [6, 6.07) is 0. The Kier molecular flexibility index (Phi) is 5.14. The smallest absolute Gasteiger partial charge is 0.184 e. The highest BCUT2D eigenvalue weighted by atomic mass is 16.5. The van der Waals surface area contributed by atoms with Gasteiger partial charge in [0.2, 0.25) is 0 Å². The van der Waals surface area contributed by atoms with Crippen LogP contribution in [0.15, 0.2) is 24.7 Å². The summed E-state index contributed by atoms with van der Waals surface area (Å²) in [5.41, 5.74) is 0. The molecule has 0 aliphatic heterocycles. The van der Waals surface area contributed by atoms with E-state index >= 15 is 0 Å². The summed E-state index contributed by atoms with van der Waals surface area (Å²) in [6.07, 6.45) is 5.22. The second kappa shape index (κ2) is 5.88. The Labute approximate surface area is 59.9 Å². The second-order valence-corrected chi connectivity index (χ2v) is 1.48. The van der Waals surface area contributed by atoms with Crippen LogP contribution in [0.3, 0.4) is 0 Å². The fourth-order valence-electron chi connectivity index (χ4n) is 0.326. The van der Waals surface area contributed by atoms with Gasteiger partial charge in [-0.15, -0.1) is 0 Å². The van der Waals surface area contributed by atoms with Crippen molar-refractivity contribution >= 4 is 5.78 Å². The van der Waals surface area contributed by atoms with E-state index < -0.39 is 0 Å². The van der Waals surface area contributed by atoms with Crippen molar-refractivity contribution in [3.8, 4) is 0 Å². The van der Waals surface area contributed by atoms with Crippen LogP contribution >= 0.6 is 0 Å². The van der Waals surface area contributed by atoms with Crippen molar-refractivity contribution < 1.29 is 14.3 Å². The van der Waals surface area contributed by atoms with Crippen LogP contribution < -0.4 is 0 Å². The molecular weight excluding hydrogens is 132 g/mol. The molecule has 0 spiro atoms. The highest BCUT2D eigenvalue weighted by Crippen LogP contribution is 1.81. The summed E-state index contributed by atoms with van der Waals surface area (Å²) >= 11 is 0. The van der Waals surface area contributed by atoms with E-state index in [-0.39, 0.29) is 5.78 Å². The fourth-order valence-corrected chi connectivity index (χ4v) is 0.326. The zero-order chi connectivity index (χ0) is 7.82. The normalized spacial score (nSPS) is 10.6. The Balaban J connectivity index is 3.63. The monoisotopic (exact) mass is 142 g/mol. The lowest BCUT2D eigenvalue weighted by atomic mass is 10.4. The Bertz CT molecular complexity index is 131. The lowest BCUT2D eigenvalue weighted by Gasteiger charge is -1.85. The van der Waals surface area contributed by atoms with Crippen molar-refractivity contribution in [2.75, 3.05) is 14.2 Å². The molecule has 56 valence electrons. The summed E-state index contributed by atoms with van der Waals surface area (Å²) in [7, 11) is 2.95. The van der Waals surface area contributed by atoms with Crippen molar-refractivity contribution in [3.05, 3.63) is 24.7 Å². The van der Waals surface area contributed by atoms with Gasteiger partial charge >= 0.3 is 0 Å². The summed E-state index contributed by atoms with van der Waals surface area (Å²) < 4.78 is 9.03. The first-order chi connectivity index (χ1) is 4.81. The van der Waals surface area contributed by atoms with E-state index in [1.165, 1.54) is 38.9 Å². The summed E-state index contributed by atoms with van der Waals surface area (Å²) in [5, 5.41) is 0. The quantitative estimate of drug-likeness (QED) is 0.431. The van der Waals surface area contributed by atoms with Gasteiger partial charge < -0.3 is 9.47 Å². The molecule has 0 aliphatic rings. The summed E-state index contributed by atoms with van der Waals surface area (Å²) in [4.78, 5) is 10.6. The van der Waals surface area contributed by atoms with E-state index in [0.29, 0.717) is 0 Å². The summed E-state index contributed by atoms with van der Waals surface area (Å²) in [6.45, 7) is 0. The first kappa shape index (κ1) is 8.75. The third kappa shape index (κ3) is 4.90. The van der Waals surface area contributed by atoms with E-state index in [2.05, 4.69) is 9.47 Å². The fraction of sp³-hybridized carbons (Fsp3) is 0.286. The van der Waals surface area contributed by atoms with Crippen LogP contribution in [0.25, 0.3) is 0 Å². The molecule has 0 aromatic rings. The third-order valence-corrected chi connectivity index (χ3v) is 0.737. The standard InChI is InChI=1S/C7H10O3/c1-9-5-3-7(8)4-6-10-2/h3-6H,1-2H3/b5-3-,6-4-. The van der Waals surface area contributed by atoms with Gasteiger partial charge in [-0.3, -0.25) is 4.79 Å². The highest BCUT2D eigenvalue weighted by Gasteiger charge is 1.85. The van der Waals surface area contributed by atoms with Gasteiger partial charge in [0.15, 0.2) is 5.78 Å². The van der Waals surface area contributed by atoms with Crippen molar-refractivity contribution in [1.82, 2.24) is 0 Å². The molecule has 0 saturated heterocycles. The molecule has 10 heavy (non-hydrogen) atoms. The molecule has 0 aromatic carbocycles. The number of hydrogen-bond donors (Lipinski definition) is 0. The molecule has 3 heteroatoms. The Morgan fingerprint density at radius 2 is 1.50 bits per heavy atom. The molecular formula is C7H10O3. The maximum atomic E-state index is 10.6. The molecule has 0 heterocycles. The number of carbonyl (C=O) groups is 1. The Hall–Kier alpha value is -1.25. The number of methoxy groups -OCH3 is 2. The zero-order valence-corrected chi connectivity index (χ0v) is 6.03. The Morgan fingerprint density at radius 3 is 1.80 bits per heavy atom. The van der Waals surface area contributed by atoms with Crippen LogP contribution in [-0.2, 0) is 14.3 Å². The van der Waals surface area contributed by atoms with E-state index in [9.17, 15) is 4.79 Å². The van der Waals surface area contributed by atoms with Crippen molar-refractivity contribution in [2.24, 2.45) is 0 Å². The predicted octanol–water partition coefficient (Wildman–Crippen LogP) is 0.876. The number of allylic oxidation sites excluding steroid dienone is 2. The van der Waals surface area contributed by atoms with Crippen LogP contribution in [0.5, 0.6) is 0 Å². The van der Waals surface area contributed by atoms with E-state index in [1.807, 2.05) is 0 Å². The first-order valence-electron chi connectivity index (χ1n) is 2.74. The predicted molar refractivity (Wildman–Crippen MR) is 37.3 cm³/mol. The minimum Gasteiger partial charge on any atom is -0.504 e. The number of hydrogen-bond acceptors (Lipinski definition) is 3. The van der Waals surface area contributed by atoms with Crippen LogP contribution in [-0.4, -0.2) is 20.0 Å². The topological polar surface area (TPSA) is 35.5 Å². The van der Waals surface area contributed by atoms with Crippen molar-refractivity contribution in [2.45, 2.75) is 0 Å². The molecule has 0 rings (SSSR count). The third-order valence-electron chi connectivity index (χ3n) is 0.737. The Morgan fingerprint density at radius 1 is 1.10 bits per heavy atom. The molecule has 0 atom stereocenters. The SMILES string of the molecule is CO/C=C\C(=O)/C=C\OC. The largest absolute Gasteiger partial charge is 0.504 e. The van der Waals surface area contributed by atoms with Gasteiger partial charge in [-0.2, -0.15) is 0 Å². The van der Waals surface area contributed by atoms with Gasteiger partial charge in [0, 0.05) is 12.2 Å². The molecule has 0 bridgehead atoms. The maximum Gasteiger partial charge on any atom is 0.184 e. The van der Waals surface area contributed by atoms with Crippen LogP contribution in [0.2, 0.25) is 0 Å². The van der Waals surface area contributed by atoms with E-state index in [1.54, 1.807) is 0 Å². The van der Waals surface area contributed by atoms with Crippen molar-refractivity contribution in [1.29, 1.82) is 0 Å². The molecule has 0 radical (unpaired) electrons. The van der Waals surface area contributed by atoms with Crippen molar-refractivity contribution in [3.63, 3.8) is 0 Å². The van der Waals surface area contributed by atoms with Crippen LogP contribution in [0.1, 0.15) is 0 Å². The average molecular weight is 142 g/mol. The van der Waals surface area contributed by atoms with Crippen LogP contribution in [0, 0.1) is 0 Å². The van der Waals surface area contributed by atoms with Gasteiger partial charge in [0.05, 0.1) is 26.7 Å². The molecule has 3 nitrogen and oxygen atoms in total. The van der Waals surface area contributed by atoms with Crippen LogP contribution in [0.4, 0.5) is 0 Å². The number of rotatable bonds is 4. The molecule has 0 N–H and O–H groups in total. The van der Waals surface area contributed by atoms with Gasteiger partial charge in [-0.25, -0.2) is 0 Å². The average Bonchev–Trinajstić information content (AvgIpc) is 1.97. The lowest BCUT2D eigenvalue weighted by Crippen LogP contribution is -1.85. The molecule has 0 aliphatic carbocycles. The van der Waals surface area contributed by atoms with E-state index in [0.717, 1.165) is 0 Å². The molecule has 0 saturated carbocycles. The molecule has 0 unspecified atom stereocenters. The molecule has 0 fully saturated rings. The minimum absolute atomic E-state index is 0.163. The van der Waals surface area contributed by atoms with Gasteiger partial charge in [-0.05, 0) is 0 Å². The highest BCUT2D eigenvalue weighted by molar-refractivity contribution is 5.98. The van der Waals surface area contributed by atoms with Gasteiger partial charge in [0.25, 0.3) is 0 Å². The number of ketones is 1. The van der Waals surface area contributed by atoms with Gasteiger partial charge in [-0.1, -0.05) is 0 Å². The first-order valence-corrected chi connectivity index (χ1v) is 2.74. The number of ether oxygens (including phenoxy) is 2. The van der Waals surface area contributed by atoms with Gasteiger partial charge in [0.1, 0.15) is 0 Å². The summed E-state index contributed by atoms with van der Waals surface area (Å²) in [5.74, 6) is -0.163. The molecule has 0 aromatic heterocycles. The second-order valence-electron chi connectivity index (χ2n) is 1.48.